The van der Waals surface area contributed by atoms with E-state index in [9.17, 15) is 10.1 Å². The van der Waals surface area contributed by atoms with Gasteiger partial charge in [0.15, 0.2) is 0 Å². The van der Waals surface area contributed by atoms with Crippen molar-refractivity contribution in [3.63, 3.8) is 0 Å². The highest BCUT2D eigenvalue weighted by Gasteiger charge is 2.35. The first-order chi connectivity index (χ1) is 14.6. The van der Waals surface area contributed by atoms with Crippen molar-refractivity contribution in [3.05, 3.63) is 65.3 Å². The Bertz CT molecular complexity index is 1170. The van der Waals surface area contributed by atoms with Crippen LogP contribution in [0.25, 0.3) is 15.7 Å². The van der Waals surface area contributed by atoms with E-state index >= 15 is 0 Å². The second kappa shape index (κ2) is 8.26. The Morgan fingerprint density at radius 1 is 1.50 bits per heavy atom. The van der Waals surface area contributed by atoms with Crippen molar-refractivity contribution in [2.45, 2.75) is 32.4 Å². The van der Waals surface area contributed by atoms with Gasteiger partial charge in [-0.1, -0.05) is 6.92 Å². The van der Waals surface area contributed by atoms with Crippen LogP contribution in [0.3, 0.4) is 0 Å². The highest BCUT2D eigenvalue weighted by molar-refractivity contribution is 5.86. The molecule has 0 aliphatic carbocycles. The highest BCUT2D eigenvalue weighted by Crippen LogP contribution is 2.30. The van der Waals surface area contributed by atoms with E-state index in [0.717, 1.165) is 29.3 Å². The van der Waals surface area contributed by atoms with Crippen LogP contribution in [0.15, 0.2) is 42.7 Å². The van der Waals surface area contributed by atoms with E-state index in [4.69, 9.17) is 11.3 Å². The zero-order valence-corrected chi connectivity index (χ0v) is 16.6. The lowest BCUT2D eigenvalue weighted by atomic mass is 9.99. The second-order valence-corrected chi connectivity index (χ2v) is 7.48. The van der Waals surface area contributed by atoms with Crippen LogP contribution in [-0.2, 0) is 11.2 Å². The summed E-state index contributed by atoms with van der Waals surface area (Å²) in [4.78, 5) is 25.5. The fourth-order valence-electron chi connectivity index (χ4n) is 3.90. The summed E-state index contributed by atoms with van der Waals surface area (Å²) in [5.41, 5.74) is 2.32. The summed E-state index contributed by atoms with van der Waals surface area (Å²) in [5, 5.41) is 10.2. The summed E-state index contributed by atoms with van der Waals surface area (Å²) in [7, 11) is 0. The molecule has 2 aromatic heterocycles. The molecule has 0 unspecified atom stereocenters. The molecule has 2 atom stereocenters. The number of hydrogen-bond acceptors (Lipinski definition) is 4. The molecule has 0 spiro atoms. The average molecular weight is 399 g/mol. The predicted octanol–water partition coefficient (Wildman–Crippen LogP) is 4.27. The van der Waals surface area contributed by atoms with Crippen LogP contribution in [0.5, 0.6) is 11.6 Å². The van der Waals surface area contributed by atoms with Gasteiger partial charge in [-0.15, -0.1) is 0 Å². The van der Waals surface area contributed by atoms with Crippen LogP contribution in [0.1, 0.15) is 30.9 Å². The van der Waals surface area contributed by atoms with Crippen LogP contribution >= 0.6 is 0 Å². The van der Waals surface area contributed by atoms with Gasteiger partial charge in [0.1, 0.15) is 17.4 Å². The molecule has 1 fully saturated rings. The molecule has 7 nitrogen and oxygen atoms in total. The normalized spacial score (nSPS) is 16.8. The first-order valence-corrected chi connectivity index (χ1v) is 9.90. The van der Waals surface area contributed by atoms with Crippen molar-refractivity contribution in [1.29, 1.82) is 5.26 Å². The fourth-order valence-corrected chi connectivity index (χ4v) is 3.90. The number of H-pyrrole nitrogens is 1. The van der Waals surface area contributed by atoms with E-state index < -0.39 is 0 Å². The average Bonchev–Trinajstić information content (AvgIpc) is 3.40. The molecule has 3 aromatic rings. The van der Waals surface area contributed by atoms with Crippen molar-refractivity contribution in [1.82, 2.24) is 14.9 Å². The Labute approximate surface area is 174 Å². The molecule has 0 bridgehead atoms. The number of aromatic amines is 1. The summed E-state index contributed by atoms with van der Waals surface area (Å²) in [5.74, 6) is 0.642. The van der Waals surface area contributed by atoms with Crippen molar-refractivity contribution >= 4 is 16.8 Å². The van der Waals surface area contributed by atoms with Gasteiger partial charge in [-0.05, 0) is 48.7 Å². The molecular formula is C23H21N5O2. The predicted molar refractivity (Wildman–Crippen MR) is 112 cm³/mol. The van der Waals surface area contributed by atoms with Crippen molar-refractivity contribution in [2.75, 3.05) is 6.54 Å². The molecule has 150 valence electrons. The molecule has 0 radical (unpaired) electrons. The van der Waals surface area contributed by atoms with E-state index in [1.807, 2.05) is 31.3 Å². The number of hydrogen-bond donors (Lipinski definition) is 1. The van der Waals surface area contributed by atoms with Crippen LogP contribution in [0, 0.1) is 23.8 Å². The van der Waals surface area contributed by atoms with Gasteiger partial charge >= 0.3 is 6.17 Å². The van der Waals surface area contributed by atoms with E-state index in [2.05, 4.69) is 20.9 Å². The quantitative estimate of drug-likeness (QED) is 0.649. The third kappa shape index (κ3) is 3.70. The molecular weight excluding hydrogens is 378 g/mol. The highest BCUT2D eigenvalue weighted by atomic mass is 16.5. The number of rotatable bonds is 5. The van der Waals surface area contributed by atoms with E-state index in [1.165, 1.54) is 0 Å². The van der Waals surface area contributed by atoms with Crippen molar-refractivity contribution < 1.29 is 9.53 Å². The number of carbonyl (C=O) groups is 1. The SMILES string of the molecule is [C-]#[N+][C@@H]1CCCN1C(=O)[C@@H](C)Cc1c[nH]c2ccc(Oc3ncccc3C#N)cc12. The number of fused-ring (bicyclic) bond motifs is 1. The molecule has 1 saturated heterocycles. The Kier molecular flexibility index (Phi) is 5.36. The van der Waals surface area contributed by atoms with Crippen LogP contribution in [0.2, 0.25) is 0 Å². The molecule has 7 heteroatoms. The number of nitrogens with zero attached hydrogens (tertiary/aromatic N) is 4. The van der Waals surface area contributed by atoms with Crippen LogP contribution in [-0.4, -0.2) is 33.5 Å². The molecule has 1 aliphatic heterocycles. The summed E-state index contributed by atoms with van der Waals surface area (Å²) < 4.78 is 5.84. The summed E-state index contributed by atoms with van der Waals surface area (Å²) in [6.07, 6.45) is 5.38. The Morgan fingerprint density at radius 2 is 2.37 bits per heavy atom. The molecule has 4 rings (SSSR count). The molecule has 1 aromatic carbocycles. The van der Waals surface area contributed by atoms with Gasteiger partial charge in [0, 0.05) is 42.2 Å². The number of carbonyl (C=O) groups excluding carboxylic acids is 1. The minimum absolute atomic E-state index is 0.0300. The number of ether oxygens (including phenoxy) is 1. The molecule has 1 N–H and O–H groups in total. The Morgan fingerprint density at radius 3 is 3.17 bits per heavy atom. The lowest BCUT2D eigenvalue weighted by Gasteiger charge is -2.20. The lowest BCUT2D eigenvalue weighted by Crippen LogP contribution is -2.38. The van der Waals surface area contributed by atoms with Gasteiger partial charge in [0.2, 0.25) is 11.8 Å². The fraction of sp³-hybridized carbons (Fsp3) is 0.304. The summed E-state index contributed by atoms with van der Waals surface area (Å²) >= 11 is 0. The number of aromatic nitrogens is 2. The molecule has 30 heavy (non-hydrogen) atoms. The molecule has 1 amide bonds. The third-order valence-electron chi connectivity index (χ3n) is 5.45. The maximum absolute atomic E-state index is 12.9. The monoisotopic (exact) mass is 399 g/mol. The topological polar surface area (TPSA) is 86.4 Å². The molecule has 1 aliphatic rings. The van der Waals surface area contributed by atoms with Gasteiger partial charge < -0.3 is 9.72 Å². The number of nitrogens with one attached hydrogen (secondary N) is 1. The molecule has 0 saturated carbocycles. The third-order valence-corrected chi connectivity index (χ3v) is 5.45. The number of likely N-dealkylation sites (tertiary alicyclic amines) is 1. The largest absolute Gasteiger partial charge is 0.438 e. The standard InChI is InChI=1S/C23H21N5O2/c1-15(23(29)28-10-4-6-21(28)25-2)11-17-14-27-20-8-7-18(12-19(17)20)30-22-16(13-24)5-3-9-26-22/h3,5,7-9,12,14-15,21,27H,4,6,10-11H2,1H3/t15-,21-/m0/s1. The van der Waals surface area contributed by atoms with E-state index in [1.54, 1.807) is 23.2 Å². The van der Waals surface area contributed by atoms with Gasteiger partial charge in [-0.3, -0.25) is 14.5 Å². The van der Waals surface area contributed by atoms with E-state index in [0.29, 0.717) is 24.3 Å². The first-order valence-electron chi connectivity index (χ1n) is 9.90. The number of benzene rings is 1. The first kappa shape index (κ1) is 19.5. The van der Waals surface area contributed by atoms with Crippen LogP contribution < -0.4 is 4.74 Å². The second-order valence-electron chi connectivity index (χ2n) is 7.48. The minimum Gasteiger partial charge on any atom is -0.438 e. The van der Waals surface area contributed by atoms with Gasteiger partial charge in [-0.2, -0.15) is 5.26 Å². The lowest BCUT2D eigenvalue weighted by molar-refractivity contribution is -0.135. The minimum atomic E-state index is -0.323. The number of pyridine rings is 1. The van der Waals surface area contributed by atoms with Crippen molar-refractivity contribution in [3.8, 4) is 17.7 Å². The Balaban J connectivity index is 1.55. The summed E-state index contributed by atoms with van der Waals surface area (Å²) in [6, 6.07) is 11.0. The van der Waals surface area contributed by atoms with E-state index in [-0.39, 0.29) is 23.9 Å². The van der Waals surface area contributed by atoms with Crippen molar-refractivity contribution in [2.24, 2.45) is 5.92 Å². The number of amides is 1. The van der Waals surface area contributed by atoms with Gasteiger partial charge in [-0.25, -0.2) is 11.6 Å². The zero-order valence-electron chi connectivity index (χ0n) is 16.6. The maximum Gasteiger partial charge on any atom is 0.300 e. The molecule has 3 heterocycles. The Hall–Kier alpha value is -3.84. The van der Waals surface area contributed by atoms with Gasteiger partial charge in [0.05, 0.1) is 0 Å². The number of nitriles is 1. The zero-order chi connectivity index (χ0) is 21.1. The maximum atomic E-state index is 12.9. The summed E-state index contributed by atoms with van der Waals surface area (Å²) in [6.45, 7) is 9.87. The van der Waals surface area contributed by atoms with Crippen LogP contribution in [0.4, 0.5) is 0 Å². The smallest absolute Gasteiger partial charge is 0.300 e. The van der Waals surface area contributed by atoms with Gasteiger partial charge in [0.25, 0.3) is 0 Å².